The summed E-state index contributed by atoms with van der Waals surface area (Å²) in [5.74, 6) is 6.67. The number of thiophene rings is 1. The molecule has 18 heavy (non-hydrogen) atoms. The first-order valence-corrected chi connectivity index (χ1v) is 6.98. The van der Waals surface area contributed by atoms with Crippen molar-refractivity contribution in [2.24, 2.45) is 5.84 Å². The van der Waals surface area contributed by atoms with Crippen LogP contribution in [0.5, 0.6) is 5.75 Å². The van der Waals surface area contributed by atoms with E-state index in [9.17, 15) is 0 Å². The van der Waals surface area contributed by atoms with Crippen LogP contribution in [0.1, 0.15) is 10.4 Å². The maximum Gasteiger partial charge on any atom is 0.123 e. The van der Waals surface area contributed by atoms with Crippen LogP contribution in [0.2, 0.25) is 0 Å². The van der Waals surface area contributed by atoms with Gasteiger partial charge in [0, 0.05) is 17.7 Å². The number of fused-ring (bicyclic) bond motifs is 1. The molecule has 0 spiro atoms. The lowest BCUT2D eigenvalue weighted by Gasteiger charge is -2.21. The standard InChI is InChI=1S/C14H16N2OS/c15-16-12(9-11-5-3-7-18-11)14-8-10-4-1-2-6-13(10)17-14/h1-7,12,14,16H,8-9,15H2. The second-order valence-corrected chi connectivity index (χ2v) is 5.56. The van der Waals surface area contributed by atoms with E-state index in [4.69, 9.17) is 10.6 Å². The van der Waals surface area contributed by atoms with E-state index in [0.717, 1.165) is 18.6 Å². The summed E-state index contributed by atoms with van der Waals surface area (Å²) in [7, 11) is 0. The van der Waals surface area contributed by atoms with E-state index in [2.05, 4.69) is 35.1 Å². The molecule has 0 bridgehead atoms. The van der Waals surface area contributed by atoms with Gasteiger partial charge in [-0.05, 0) is 23.1 Å². The Morgan fingerprint density at radius 1 is 1.33 bits per heavy atom. The summed E-state index contributed by atoms with van der Waals surface area (Å²) in [6.07, 6.45) is 1.96. The number of benzene rings is 1. The van der Waals surface area contributed by atoms with E-state index in [-0.39, 0.29) is 12.1 Å². The van der Waals surface area contributed by atoms with Gasteiger partial charge in [-0.1, -0.05) is 24.3 Å². The molecule has 3 nitrogen and oxygen atoms in total. The average molecular weight is 260 g/mol. The number of hydrogen-bond acceptors (Lipinski definition) is 4. The first kappa shape index (κ1) is 11.7. The summed E-state index contributed by atoms with van der Waals surface area (Å²) in [5.41, 5.74) is 4.17. The highest BCUT2D eigenvalue weighted by Gasteiger charge is 2.29. The van der Waals surface area contributed by atoms with Gasteiger partial charge in [0.25, 0.3) is 0 Å². The minimum absolute atomic E-state index is 0.120. The van der Waals surface area contributed by atoms with E-state index in [1.165, 1.54) is 10.4 Å². The van der Waals surface area contributed by atoms with Crippen LogP contribution in [0, 0.1) is 0 Å². The summed E-state index contributed by atoms with van der Waals surface area (Å²) in [6.45, 7) is 0. The molecule has 1 aliphatic rings. The zero-order valence-electron chi connectivity index (χ0n) is 10.0. The van der Waals surface area contributed by atoms with Gasteiger partial charge in [0.1, 0.15) is 11.9 Å². The lowest BCUT2D eigenvalue weighted by atomic mass is 10.0. The number of hydrazine groups is 1. The highest BCUT2D eigenvalue weighted by Crippen LogP contribution is 2.30. The van der Waals surface area contributed by atoms with Crippen LogP contribution in [0.15, 0.2) is 41.8 Å². The number of para-hydroxylation sites is 1. The number of nitrogens with two attached hydrogens (primary N) is 1. The van der Waals surface area contributed by atoms with Crippen molar-refractivity contribution >= 4 is 11.3 Å². The Morgan fingerprint density at radius 2 is 2.22 bits per heavy atom. The maximum absolute atomic E-state index is 5.97. The maximum atomic E-state index is 5.97. The summed E-state index contributed by atoms with van der Waals surface area (Å²) >= 11 is 1.76. The fourth-order valence-corrected chi connectivity index (χ4v) is 3.14. The van der Waals surface area contributed by atoms with Crippen LogP contribution >= 0.6 is 11.3 Å². The Kier molecular flexibility index (Phi) is 3.32. The molecule has 0 saturated heterocycles. The number of hydrogen-bond donors (Lipinski definition) is 2. The fraction of sp³-hybridized carbons (Fsp3) is 0.286. The molecule has 1 aromatic carbocycles. The Bertz CT molecular complexity index is 485. The molecule has 0 aliphatic carbocycles. The third-order valence-electron chi connectivity index (χ3n) is 3.34. The summed E-state index contributed by atoms with van der Waals surface area (Å²) < 4.78 is 5.97. The van der Waals surface area contributed by atoms with Gasteiger partial charge in [-0.2, -0.15) is 0 Å². The predicted molar refractivity (Wildman–Crippen MR) is 73.7 cm³/mol. The molecule has 3 rings (SSSR count). The van der Waals surface area contributed by atoms with E-state index < -0.39 is 0 Å². The van der Waals surface area contributed by atoms with Gasteiger partial charge in [-0.3, -0.25) is 11.3 Å². The molecule has 2 heterocycles. The molecule has 3 N–H and O–H groups in total. The van der Waals surface area contributed by atoms with Crippen molar-refractivity contribution < 1.29 is 4.74 Å². The van der Waals surface area contributed by atoms with Crippen molar-refractivity contribution in [2.75, 3.05) is 0 Å². The zero-order valence-corrected chi connectivity index (χ0v) is 10.8. The highest BCUT2D eigenvalue weighted by atomic mass is 32.1. The molecular weight excluding hydrogens is 244 g/mol. The van der Waals surface area contributed by atoms with Gasteiger partial charge in [0.05, 0.1) is 6.04 Å². The number of ether oxygens (including phenoxy) is 1. The molecule has 2 atom stereocenters. The second kappa shape index (κ2) is 5.10. The van der Waals surface area contributed by atoms with Crippen LogP contribution in [-0.4, -0.2) is 12.1 Å². The molecule has 0 saturated carbocycles. The normalized spacial score (nSPS) is 19.3. The lowest BCUT2D eigenvalue weighted by Crippen LogP contribution is -2.47. The minimum Gasteiger partial charge on any atom is -0.488 e. The quantitative estimate of drug-likeness (QED) is 0.654. The smallest absolute Gasteiger partial charge is 0.123 e. The van der Waals surface area contributed by atoms with Crippen LogP contribution in [0.4, 0.5) is 0 Å². The van der Waals surface area contributed by atoms with Crippen molar-refractivity contribution in [1.29, 1.82) is 0 Å². The average Bonchev–Trinajstić information content (AvgIpc) is 3.04. The first-order valence-electron chi connectivity index (χ1n) is 6.10. The van der Waals surface area contributed by atoms with E-state index in [1.807, 2.05) is 12.1 Å². The third kappa shape index (κ3) is 2.27. The van der Waals surface area contributed by atoms with Crippen molar-refractivity contribution in [2.45, 2.75) is 25.0 Å². The van der Waals surface area contributed by atoms with Crippen molar-refractivity contribution in [3.8, 4) is 5.75 Å². The Morgan fingerprint density at radius 3 is 2.94 bits per heavy atom. The fourth-order valence-electron chi connectivity index (χ4n) is 2.38. The Labute approximate surface area is 111 Å². The van der Waals surface area contributed by atoms with Gasteiger partial charge < -0.3 is 4.74 Å². The molecule has 1 aromatic heterocycles. The van der Waals surface area contributed by atoms with Crippen LogP contribution in [0.3, 0.4) is 0 Å². The van der Waals surface area contributed by atoms with E-state index in [0.29, 0.717) is 0 Å². The molecule has 0 radical (unpaired) electrons. The largest absolute Gasteiger partial charge is 0.488 e. The SMILES string of the molecule is NNC(Cc1cccs1)C1Cc2ccccc2O1. The van der Waals surface area contributed by atoms with Gasteiger partial charge in [0.2, 0.25) is 0 Å². The predicted octanol–water partition coefficient (Wildman–Crippen LogP) is 2.13. The van der Waals surface area contributed by atoms with Crippen molar-refractivity contribution in [3.63, 3.8) is 0 Å². The van der Waals surface area contributed by atoms with Gasteiger partial charge in [-0.25, -0.2) is 0 Å². The van der Waals surface area contributed by atoms with Crippen molar-refractivity contribution in [1.82, 2.24) is 5.43 Å². The topological polar surface area (TPSA) is 47.3 Å². The Hall–Kier alpha value is -1.36. The number of rotatable bonds is 4. The summed E-state index contributed by atoms with van der Waals surface area (Å²) in [6, 6.07) is 12.5. The molecule has 1 aliphatic heterocycles. The molecule has 0 fully saturated rings. The Balaban J connectivity index is 1.71. The molecule has 94 valence electrons. The molecular formula is C14H16N2OS. The van der Waals surface area contributed by atoms with Gasteiger partial charge in [0.15, 0.2) is 0 Å². The monoisotopic (exact) mass is 260 g/mol. The molecule has 2 unspecified atom stereocenters. The lowest BCUT2D eigenvalue weighted by molar-refractivity contribution is 0.178. The van der Waals surface area contributed by atoms with Crippen molar-refractivity contribution in [3.05, 3.63) is 52.2 Å². The van der Waals surface area contributed by atoms with E-state index >= 15 is 0 Å². The molecule has 4 heteroatoms. The van der Waals surface area contributed by atoms with Gasteiger partial charge >= 0.3 is 0 Å². The minimum atomic E-state index is 0.120. The first-order chi connectivity index (χ1) is 8.86. The highest BCUT2D eigenvalue weighted by molar-refractivity contribution is 7.09. The van der Waals surface area contributed by atoms with Crippen LogP contribution in [-0.2, 0) is 12.8 Å². The summed E-state index contributed by atoms with van der Waals surface area (Å²) in [4.78, 5) is 1.33. The summed E-state index contributed by atoms with van der Waals surface area (Å²) in [5, 5.41) is 2.09. The van der Waals surface area contributed by atoms with Gasteiger partial charge in [-0.15, -0.1) is 11.3 Å². The van der Waals surface area contributed by atoms with Crippen LogP contribution < -0.4 is 16.0 Å². The third-order valence-corrected chi connectivity index (χ3v) is 4.23. The number of nitrogens with one attached hydrogen (secondary N) is 1. The second-order valence-electron chi connectivity index (χ2n) is 4.52. The van der Waals surface area contributed by atoms with E-state index in [1.54, 1.807) is 11.3 Å². The molecule has 2 aromatic rings. The molecule has 0 amide bonds. The zero-order chi connectivity index (χ0) is 12.4. The van der Waals surface area contributed by atoms with Crippen LogP contribution in [0.25, 0.3) is 0 Å².